The quantitative estimate of drug-likeness (QED) is 0.672. The number of halogens is 2. The third kappa shape index (κ3) is 4.24. The van der Waals surface area contributed by atoms with Crippen LogP contribution in [0.25, 0.3) is 0 Å². The van der Waals surface area contributed by atoms with Crippen LogP contribution in [0, 0.1) is 10.6 Å². The van der Waals surface area contributed by atoms with Crippen LogP contribution in [0.1, 0.15) is 30.9 Å². The van der Waals surface area contributed by atoms with Crippen molar-refractivity contribution in [2.75, 3.05) is 0 Å². The Labute approximate surface area is 141 Å². The van der Waals surface area contributed by atoms with Gasteiger partial charge in [0.25, 0.3) is 0 Å². The highest BCUT2D eigenvalue weighted by molar-refractivity contribution is 9.10. The van der Waals surface area contributed by atoms with Crippen LogP contribution < -0.4 is 0 Å². The predicted octanol–water partition coefficient (Wildman–Crippen LogP) is 5.45. The monoisotopic (exact) mass is 414 g/mol. The second kappa shape index (κ2) is 6.96. The summed E-state index contributed by atoms with van der Waals surface area (Å²) in [6.07, 6.45) is 1.71. The molecule has 2 rings (SSSR count). The Bertz CT molecular complexity index is 665. The van der Waals surface area contributed by atoms with Crippen LogP contribution in [-0.2, 0) is 12.8 Å². The normalized spacial score (nSPS) is 11.1. The maximum absolute atomic E-state index is 5.34. The summed E-state index contributed by atoms with van der Waals surface area (Å²) in [5, 5.41) is 0. The molecule has 20 heavy (non-hydrogen) atoms. The van der Waals surface area contributed by atoms with Gasteiger partial charge in [-0.2, -0.15) is 0 Å². The number of aromatic amines is 1. The zero-order valence-electron chi connectivity index (χ0n) is 11.4. The van der Waals surface area contributed by atoms with E-state index in [-0.39, 0.29) is 0 Å². The molecule has 0 unspecified atom stereocenters. The highest BCUT2D eigenvalue weighted by atomic mass is 79.9. The van der Waals surface area contributed by atoms with E-state index < -0.39 is 0 Å². The third-order valence-electron chi connectivity index (χ3n) is 2.86. The number of nitrogens with zero attached hydrogens (tertiary/aromatic N) is 1. The molecule has 1 aromatic heterocycles. The molecule has 1 N–H and O–H groups in total. The Hall–Kier alpha value is -0.520. The summed E-state index contributed by atoms with van der Waals surface area (Å²) in [7, 11) is 0. The summed E-state index contributed by atoms with van der Waals surface area (Å²) in [6, 6.07) is 8.24. The first-order valence-corrected chi connectivity index (χ1v) is 8.47. The molecule has 2 nitrogen and oxygen atoms in total. The fourth-order valence-electron chi connectivity index (χ4n) is 2.03. The van der Waals surface area contributed by atoms with Gasteiger partial charge in [-0.3, -0.25) is 0 Å². The van der Waals surface area contributed by atoms with Crippen LogP contribution in [0.3, 0.4) is 0 Å². The second-order valence-electron chi connectivity index (χ2n) is 5.19. The first kappa shape index (κ1) is 15.9. The second-order valence-corrected chi connectivity index (χ2v) is 7.28. The van der Waals surface area contributed by atoms with Gasteiger partial charge in [-0.25, -0.2) is 4.98 Å². The molecule has 0 saturated carbocycles. The van der Waals surface area contributed by atoms with E-state index >= 15 is 0 Å². The fraction of sp³-hybridized carbons (Fsp3) is 0.333. The fourth-order valence-corrected chi connectivity index (χ4v) is 3.06. The Morgan fingerprint density at radius 1 is 1.30 bits per heavy atom. The summed E-state index contributed by atoms with van der Waals surface area (Å²) in [5.74, 6) is 1.48. The molecule has 106 valence electrons. The van der Waals surface area contributed by atoms with Gasteiger partial charge in [0, 0.05) is 16.6 Å². The lowest BCUT2D eigenvalue weighted by Gasteiger charge is -2.10. The van der Waals surface area contributed by atoms with Crippen molar-refractivity contribution in [1.82, 2.24) is 9.97 Å². The Morgan fingerprint density at radius 2 is 2.05 bits per heavy atom. The van der Waals surface area contributed by atoms with Crippen molar-refractivity contribution in [3.63, 3.8) is 0 Å². The average molecular weight is 416 g/mol. The maximum Gasteiger partial charge on any atom is 0.144 e. The van der Waals surface area contributed by atoms with Crippen LogP contribution in [0.5, 0.6) is 0 Å². The topological polar surface area (TPSA) is 28.7 Å². The summed E-state index contributed by atoms with van der Waals surface area (Å²) >= 11 is 12.4. The number of nitrogens with one attached hydrogen (secondary N) is 1. The van der Waals surface area contributed by atoms with Crippen molar-refractivity contribution in [2.45, 2.75) is 26.7 Å². The Kier molecular flexibility index (Phi) is 5.52. The number of rotatable bonds is 4. The molecular formula is C15H16Br2N2S. The molecule has 0 spiro atoms. The summed E-state index contributed by atoms with van der Waals surface area (Å²) in [5.41, 5.74) is 2.33. The van der Waals surface area contributed by atoms with Gasteiger partial charge in [0.15, 0.2) is 0 Å². The van der Waals surface area contributed by atoms with E-state index in [4.69, 9.17) is 12.2 Å². The molecule has 5 heteroatoms. The molecule has 0 aliphatic carbocycles. The van der Waals surface area contributed by atoms with Crippen LogP contribution in [0.4, 0.5) is 0 Å². The SMILES string of the molecule is CC(C)Cc1[nH]c(Cc2cccc(Br)c2)nc(=S)c1Br. The minimum Gasteiger partial charge on any atom is -0.346 e. The molecule has 0 aliphatic heterocycles. The van der Waals surface area contributed by atoms with Crippen LogP contribution in [-0.4, -0.2) is 9.97 Å². The van der Waals surface area contributed by atoms with Crippen molar-refractivity contribution >= 4 is 44.1 Å². The van der Waals surface area contributed by atoms with E-state index in [1.807, 2.05) is 12.1 Å². The Balaban J connectivity index is 2.33. The molecular weight excluding hydrogens is 400 g/mol. The number of H-pyrrole nitrogens is 1. The van der Waals surface area contributed by atoms with E-state index in [2.05, 4.69) is 67.8 Å². The minimum absolute atomic E-state index is 0.568. The lowest BCUT2D eigenvalue weighted by atomic mass is 10.1. The van der Waals surface area contributed by atoms with Crippen molar-refractivity contribution in [3.05, 3.63) is 54.9 Å². The lowest BCUT2D eigenvalue weighted by molar-refractivity contribution is 0.628. The largest absolute Gasteiger partial charge is 0.346 e. The molecule has 0 aliphatic rings. The smallest absolute Gasteiger partial charge is 0.144 e. The summed E-state index contributed by atoms with van der Waals surface area (Å²) in [6.45, 7) is 4.38. The van der Waals surface area contributed by atoms with Crippen LogP contribution in [0.2, 0.25) is 0 Å². The summed E-state index contributed by atoms with van der Waals surface area (Å²) < 4.78 is 2.62. The molecule has 2 aromatic rings. The molecule has 1 aromatic carbocycles. The first-order chi connectivity index (χ1) is 9.45. The van der Waals surface area contributed by atoms with Crippen molar-refractivity contribution in [2.24, 2.45) is 5.92 Å². The van der Waals surface area contributed by atoms with Crippen molar-refractivity contribution in [1.29, 1.82) is 0 Å². The van der Waals surface area contributed by atoms with E-state index in [1.54, 1.807) is 0 Å². The minimum atomic E-state index is 0.568. The highest BCUT2D eigenvalue weighted by Crippen LogP contribution is 2.20. The molecule has 0 radical (unpaired) electrons. The van der Waals surface area contributed by atoms with Crippen LogP contribution >= 0.6 is 44.1 Å². The zero-order valence-corrected chi connectivity index (χ0v) is 15.4. The lowest BCUT2D eigenvalue weighted by Crippen LogP contribution is -2.05. The molecule has 1 heterocycles. The molecule has 0 fully saturated rings. The standard InChI is InChI=1S/C15H16Br2N2S/c1-9(2)6-12-14(17)15(20)19-13(18-12)8-10-4-3-5-11(16)7-10/h3-5,7,9H,6,8H2,1-2H3,(H,18,19,20). The molecule has 0 atom stereocenters. The van der Waals surface area contributed by atoms with Gasteiger partial charge >= 0.3 is 0 Å². The van der Waals surface area contributed by atoms with Gasteiger partial charge in [0.05, 0.1) is 4.47 Å². The van der Waals surface area contributed by atoms with Gasteiger partial charge in [-0.05, 0) is 46.0 Å². The maximum atomic E-state index is 5.34. The van der Waals surface area contributed by atoms with E-state index in [0.29, 0.717) is 10.6 Å². The van der Waals surface area contributed by atoms with Crippen LogP contribution in [0.15, 0.2) is 33.2 Å². The third-order valence-corrected chi connectivity index (χ3v) is 4.76. The number of benzene rings is 1. The van der Waals surface area contributed by atoms with Gasteiger partial charge in [0.1, 0.15) is 10.5 Å². The summed E-state index contributed by atoms with van der Waals surface area (Å²) in [4.78, 5) is 7.88. The van der Waals surface area contributed by atoms with Gasteiger partial charge < -0.3 is 4.98 Å². The zero-order chi connectivity index (χ0) is 14.7. The first-order valence-electron chi connectivity index (χ1n) is 6.47. The van der Waals surface area contributed by atoms with Gasteiger partial charge in [-0.1, -0.05) is 54.1 Å². The molecule has 0 amide bonds. The van der Waals surface area contributed by atoms with E-state index in [0.717, 1.165) is 33.3 Å². The molecule has 0 saturated heterocycles. The van der Waals surface area contributed by atoms with Gasteiger partial charge in [-0.15, -0.1) is 0 Å². The number of aromatic nitrogens is 2. The molecule has 0 bridgehead atoms. The highest BCUT2D eigenvalue weighted by Gasteiger charge is 2.09. The Morgan fingerprint density at radius 3 is 2.70 bits per heavy atom. The van der Waals surface area contributed by atoms with Crippen molar-refractivity contribution < 1.29 is 0 Å². The number of hydrogen-bond acceptors (Lipinski definition) is 2. The van der Waals surface area contributed by atoms with E-state index in [1.165, 1.54) is 5.56 Å². The average Bonchev–Trinajstić information content (AvgIpc) is 2.35. The van der Waals surface area contributed by atoms with Gasteiger partial charge in [0.2, 0.25) is 0 Å². The van der Waals surface area contributed by atoms with E-state index in [9.17, 15) is 0 Å². The van der Waals surface area contributed by atoms with Crippen molar-refractivity contribution in [3.8, 4) is 0 Å². The predicted molar refractivity (Wildman–Crippen MR) is 92.6 cm³/mol. The number of hydrogen-bond donors (Lipinski definition) is 1.